The molecule has 128 valence electrons. The molecule has 0 saturated carbocycles. The third-order valence-electron chi connectivity index (χ3n) is 3.09. The molecule has 0 aromatic heterocycles. The van der Waals surface area contributed by atoms with Crippen molar-refractivity contribution in [2.24, 2.45) is 0 Å². The van der Waals surface area contributed by atoms with Gasteiger partial charge in [0.05, 0.1) is 17.7 Å². The Hall–Kier alpha value is -2.19. The number of hydrogen-bond donors (Lipinski definition) is 0. The maximum Gasteiger partial charge on any atom is 0.326 e. The summed E-state index contributed by atoms with van der Waals surface area (Å²) in [6.07, 6.45) is 0. The van der Waals surface area contributed by atoms with Crippen molar-refractivity contribution in [3.8, 4) is 0 Å². The van der Waals surface area contributed by atoms with Gasteiger partial charge in [-0.25, -0.2) is 17.2 Å². The summed E-state index contributed by atoms with van der Waals surface area (Å²) in [6.45, 7) is -0.702. The monoisotopic (exact) mass is 375 g/mol. The molecule has 0 radical (unpaired) electrons. The second-order valence-corrected chi connectivity index (χ2v) is 6.94. The zero-order valence-electron chi connectivity index (χ0n) is 12.4. The number of nitrogens with zero attached hydrogens (tertiary/aromatic N) is 1. The number of sulfonamides is 1. The van der Waals surface area contributed by atoms with Crippen LogP contribution in [0.2, 0.25) is 5.02 Å². The van der Waals surface area contributed by atoms with Crippen LogP contribution in [-0.4, -0.2) is 28.0 Å². The summed E-state index contributed by atoms with van der Waals surface area (Å²) in [6, 6.07) is 7.70. The normalized spacial score (nSPS) is 11.2. The van der Waals surface area contributed by atoms with E-state index in [1.165, 1.54) is 24.3 Å². The first-order valence-corrected chi connectivity index (χ1v) is 8.37. The Kier molecular flexibility index (Phi) is 5.40. The van der Waals surface area contributed by atoms with E-state index in [1.54, 1.807) is 0 Å². The maximum absolute atomic E-state index is 13.5. The fourth-order valence-corrected chi connectivity index (χ4v) is 3.40. The standard InChI is InChI=1S/C15H12ClF2NO4S/c1-23-15(20)9-19(11-4-7-13(17)14(18)8-11)24(21,22)12-5-2-10(16)3-6-12/h2-8H,9H2,1H3. The molecule has 0 heterocycles. The number of benzene rings is 2. The van der Waals surface area contributed by atoms with Crippen LogP contribution in [0.4, 0.5) is 14.5 Å². The minimum absolute atomic E-state index is 0.166. The van der Waals surface area contributed by atoms with E-state index in [0.717, 1.165) is 19.2 Å². The minimum atomic E-state index is -4.22. The average molecular weight is 376 g/mol. The molecule has 0 aliphatic heterocycles. The lowest BCUT2D eigenvalue weighted by atomic mass is 10.3. The lowest BCUT2D eigenvalue weighted by Gasteiger charge is -2.23. The van der Waals surface area contributed by atoms with E-state index in [0.29, 0.717) is 15.4 Å². The number of rotatable bonds is 5. The fraction of sp³-hybridized carbons (Fsp3) is 0.133. The van der Waals surface area contributed by atoms with E-state index in [2.05, 4.69) is 4.74 Å². The Morgan fingerprint density at radius 3 is 2.29 bits per heavy atom. The topological polar surface area (TPSA) is 63.7 Å². The summed E-state index contributed by atoms with van der Waals surface area (Å²) in [5.41, 5.74) is -0.214. The summed E-state index contributed by atoms with van der Waals surface area (Å²) in [7, 11) is -3.14. The van der Waals surface area contributed by atoms with Gasteiger partial charge in [0.2, 0.25) is 0 Å². The van der Waals surface area contributed by atoms with Gasteiger partial charge in [-0.2, -0.15) is 0 Å². The third kappa shape index (κ3) is 3.82. The highest BCUT2D eigenvalue weighted by molar-refractivity contribution is 7.92. The van der Waals surface area contributed by atoms with E-state index in [9.17, 15) is 22.0 Å². The molecule has 2 aromatic carbocycles. The van der Waals surface area contributed by atoms with E-state index >= 15 is 0 Å². The SMILES string of the molecule is COC(=O)CN(c1ccc(F)c(F)c1)S(=O)(=O)c1ccc(Cl)cc1. The largest absolute Gasteiger partial charge is 0.468 e. The van der Waals surface area contributed by atoms with Gasteiger partial charge >= 0.3 is 5.97 Å². The molecule has 0 aliphatic rings. The van der Waals surface area contributed by atoms with E-state index < -0.39 is 34.2 Å². The van der Waals surface area contributed by atoms with Crippen LogP contribution < -0.4 is 4.31 Å². The Morgan fingerprint density at radius 2 is 1.75 bits per heavy atom. The fourth-order valence-electron chi connectivity index (χ4n) is 1.87. The van der Waals surface area contributed by atoms with Crippen LogP contribution in [-0.2, 0) is 19.6 Å². The molecule has 2 aromatic rings. The molecular formula is C15H12ClF2NO4S. The maximum atomic E-state index is 13.5. The molecule has 9 heteroatoms. The molecule has 0 unspecified atom stereocenters. The van der Waals surface area contributed by atoms with Gasteiger partial charge in [-0.05, 0) is 36.4 Å². The summed E-state index contributed by atoms with van der Waals surface area (Å²) < 4.78 is 57.2. The third-order valence-corrected chi connectivity index (χ3v) is 5.13. The van der Waals surface area contributed by atoms with Gasteiger partial charge in [0.25, 0.3) is 10.0 Å². The van der Waals surface area contributed by atoms with E-state index in [1.807, 2.05) is 0 Å². The van der Waals surface area contributed by atoms with Crippen LogP contribution in [0.5, 0.6) is 0 Å². The van der Waals surface area contributed by atoms with Gasteiger partial charge in [0.15, 0.2) is 11.6 Å². The average Bonchev–Trinajstić information content (AvgIpc) is 2.55. The van der Waals surface area contributed by atoms with Crippen LogP contribution in [0.1, 0.15) is 0 Å². The van der Waals surface area contributed by atoms with Gasteiger partial charge in [-0.15, -0.1) is 0 Å². The van der Waals surface area contributed by atoms with Crippen molar-refractivity contribution in [3.63, 3.8) is 0 Å². The summed E-state index contributed by atoms with van der Waals surface area (Å²) in [5.74, 6) is -3.24. The first-order valence-electron chi connectivity index (χ1n) is 6.56. The Morgan fingerprint density at radius 1 is 1.12 bits per heavy atom. The summed E-state index contributed by atoms with van der Waals surface area (Å²) in [5, 5.41) is 0.321. The van der Waals surface area contributed by atoms with Crippen LogP contribution in [0, 0.1) is 11.6 Å². The highest BCUT2D eigenvalue weighted by atomic mass is 35.5. The molecule has 0 bridgehead atoms. The summed E-state index contributed by atoms with van der Waals surface area (Å²) >= 11 is 5.73. The predicted molar refractivity (Wildman–Crippen MR) is 84.4 cm³/mol. The summed E-state index contributed by atoms with van der Waals surface area (Å²) in [4.78, 5) is 11.4. The van der Waals surface area contributed by atoms with Crippen LogP contribution in [0.3, 0.4) is 0 Å². The second-order valence-electron chi connectivity index (χ2n) is 4.64. The lowest BCUT2D eigenvalue weighted by Crippen LogP contribution is -2.36. The number of hydrogen-bond acceptors (Lipinski definition) is 4. The smallest absolute Gasteiger partial charge is 0.326 e. The molecule has 2 rings (SSSR count). The van der Waals surface area contributed by atoms with Gasteiger partial charge < -0.3 is 4.74 Å². The van der Waals surface area contributed by atoms with Crippen LogP contribution in [0.15, 0.2) is 47.4 Å². The van der Waals surface area contributed by atoms with E-state index in [4.69, 9.17) is 11.6 Å². The van der Waals surface area contributed by atoms with Gasteiger partial charge in [0.1, 0.15) is 6.54 Å². The first kappa shape index (κ1) is 18.2. The molecule has 0 spiro atoms. The molecule has 0 aliphatic carbocycles. The van der Waals surface area contributed by atoms with Gasteiger partial charge in [0, 0.05) is 11.1 Å². The highest BCUT2D eigenvalue weighted by Gasteiger charge is 2.28. The molecular weight excluding hydrogens is 364 g/mol. The van der Waals surface area contributed by atoms with Crippen molar-refractivity contribution >= 4 is 33.3 Å². The van der Waals surface area contributed by atoms with Crippen LogP contribution in [0.25, 0.3) is 0 Å². The Balaban J connectivity index is 2.54. The number of halogens is 3. The number of carbonyl (C=O) groups excluding carboxylic acids is 1. The second kappa shape index (κ2) is 7.14. The van der Waals surface area contributed by atoms with Crippen molar-refractivity contribution in [1.29, 1.82) is 0 Å². The molecule has 0 N–H and O–H groups in total. The number of methoxy groups -OCH3 is 1. The van der Waals surface area contributed by atoms with Crippen molar-refractivity contribution in [2.75, 3.05) is 18.0 Å². The van der Waals surface area contributed by atoms with Crippen molar-refractivity contribution < 1.29 is 26.7 Å². The first-order chi connectivity index (χ1) is 11.3. The zero-order chi connectivity index (χ0) is 17.9. The van der Waals surface area contributed by atoms with Crippen molar-refractivity contribution in [3.05, 3.63) is 59.1 Å². The molecule has 5 nitrogen and oxygen atoms in total. The lowest BCUT2D eigenvalue weighted by molar-refractivity contribution is -0.138. The number of anilines is 1. The van der Waals surface area contributed by atoms with Crippen molar-refractivity contribution in [2.45, 2.75) is 4.90 Å². The molecule has 24 heavy (non-hydrogen) atoms. The minimum Gasteiger partial charge on any atom is -0.468 e. The molecule has 0 amide bonds. The quantitative estimate of drug-likeness (QED) is 0.754. The predicted octanol–water partition coefficient (Wildman–Crippen LogP) is 2.99. The van der Waals surface area contributed by atoms with E-state index in [-0.39, 0.29) is 10.6 Å². The zero-order valence-corrected chi connectivity index (χ0v) is 13.9. The molecule has 0 saturated heterocycles. The molecule has 0 atom stereocenters. The number of carbonyl (C=O) groups is 1. The Bertz CT molecular complexity index is 856. The Labute approximate surface area is 142 Å². The molecule has 0 fully saturated rings. The van der Waals surface area contributed by atoms with Crippen LogP contribution >= 0.6 is 11.6 Å². The van der Waals surface area contributed by atoms with Gasteiger partial charge in [-0.1, -0.05) is 11.6 Å². The van der Waals surface area contributed by atoms with Gasteiger partial charge in [-0.3, -0.25) is 9.10 Å². The highest BCUT2D eigenvalue weighted by Crippen LogP contribution is 2.26. The number of esters is 1. The number of ether oxygens (including phenoxy) is 1. The van der Waals surface area contributed by atoms with Crippen molar-refractivity contribution in [1.82, 2.24) is 0 Å².